The fourth-order valence-corrected chi connectivity index (χ4v) is 7.13. The summed E-state index contributed by atoms with van der Waals surface area (Å²) in [5.41, 5.74) is -0.727. The summed E-state index contributed by atoms with van der Waals surface area (Å²) < 4.78 is 103. The largest absolute Gasteiger partial charge is 0.419 e. The smallest absolute Gasteiger partial charge is 0.361 e. The number of rotatable bonds is 9. The van der Waals surface area contributed by atoms with Crippen LogP contribution in [0.1, 0.15) is 36.3 Å². The number of pyridine rings is 1. The molecule has 0 spiro atoms. The summed E-state index contributed by atoms with van der Waals surface area (Å²) in [6.07, 6.45) is -3.92. The highest BCUT2D eigenvalue weighted by Gasteiger charge is 2.38. The molecule has 46 heavy (non-hydrogen) atoms. The van der Waals surface area contributed by atoms with Gasteiger partial charge in [-0.3, -0.25) is 0 Å². The molecule has 1 fully saturated rings. The number of halogens is 5. The van der Waals surface area contributed by atoms with Gasteiger partial charge in [-0.25, -0.2) is 36.1 Å². The number of benzene rings is 1. The molecule has 4 aromatic heterocycles. The lowest BCUT2D eigenvalue weighted by Crippen LogP contribution is -2.42. The quantitative estimate of drug-likeness (QED) is 0.177. The van der Waals surface area contributed by atoms with E-state index in [1.807, 2.05) is 0 Å². The highest BCUT2D eigenvalue weighted by Crippen LogP contribution is 2.41. The molecule has 4 heterocycles. The van der Waals surface area contributed by atoms with Gasteiger partial charge in [-0.05, 0) is 57.4 Å². The molecule has 0 unspecified atom stereocenters. The molecule has 16 heteroatoms. The number of hydrogen-bond donors (Lipinski definition) is 2. The van der Waals surface area contributed by atoms with Gasteiger partial charge < -0.3 is 15.2 Å². The molecule has 1 saturated carbocycles. The molecule has 0 saturated heterocycles. The lowest BCUT2D eigenvalue weighted by Gasteiger charge is -2.22. The van der Waals surface area contributed by atoms with Crippen molar-refractivity contribution in [2.24, 2.45) is 0 Å². The van der Waals surface area contributed by atoms with Crippen molar-refractivity contribution < 1.29 is 34.9 Å². The highest BCUT2D eigenvalue weighted by atomic mass is 32.2. The van der Waals surface area contributed by atoms with Gasteiger partial charge in [0.2, 0.25) is 5.95 Å². The second kappa shape index (κ2) is 12.1. The van der Waals surface area contributed by atoms with Crippen LogP contribution in [0.25, 0.3) is 33.5 Å². The fourth-order valence-electron chi connectivity index (χ4n) is 5.79. The normalized spacial score (nSPS) is 17.3. The van der Waals surface area contributed by atoms with Gasteiger partial charge in [0.15, 0.2) is 5.65 Å². The third-order valence-corrected chi connectivity index (χ3v) is 9.59. The third kappa shape index (κ3) is 5.93. The molecule has 2 atom stereocenters. The van der Waals surface area contributed by atoms with E-state index < -0.39 is 46.5 Å². The van der Waals surface area contributed by atoms with Crippen LogP contribution in [0.2, 0.25) is 0 Å². The summed E-state index contributed by atoms with van der Waals surface area (Å²) in [4.78, 5) is 12.6. The minimum Gasteiger partial charge on any atom is -0.361 e. The van der Waals surface area contributed by atoms with Crippen molar-refractivity contribution in [2.75, 3.05) is 11.9 Å². The maximum atomic E-state index is 14.4. The molecule has 242 valence electrons. The van der Waals surface area contributed by atoms with Crippen LogP contribution < -0.4 is 10.6 Å². The van der Waals surface area contributed by atoms with Crippen molar-refractivity contribution in [1.82, 2.24) is 29.4 Å². The van der Waals surface area contributed by atoms with E-state index in [0.717, 1.165) is 10.2 Å². The number of anilines is 1. The monoisotopic (exact) mass is 661 g/mol. The SMILES string of the molecule is Cc1noc(C)c1-c1ccc2c(-c3nc(N[C@H]4CCC[C@@H]4NCC(F)F)ncc3C(F)(F)F)cn(S(=O)(=O)c3ccccc3)c2n1. The molecule has 5 aromatic rings. The molecule has 1 aliphatic rings. The number of nitrogens with zero attached hydrogens (tertiary/aromatic N) is 5. The minimum atomic E-state index is -4.90. The molecular formula is C30H28F5N7O3S. The lowest BCUT2D eigenvalue weighted by molar-refractivity contribution is -0.137. The molecule has 0 aliphatic heterocycles. The zero-order chi connectivity index (χ0) is 32.8. The standard InChI is InChI=1S/C30H28F5N7O3S/c1-16-26(17(2)45-41-16)24-12-11-19-20(15-42(28(19)38-24)46(43,44)18-7-4-3-5-8-18)27-21(30(33,34)35)13-37-29(40-27)39-23-10-6-9-22(23)36-14-25(31)32/h3-5,7-8,11-13,15,22-23,25,36H,6,9-10,14H2,1-2H3,(H,37,39,40)/t22-,23-/m0/s1. The van der Waals surface area contributed by atoms with Crippen molar-refractivity contribution in [2.45, 2.75) is 62.7 Å². The van der Waals surface area contributed by atoms with Crippen LogP contribution in [0.3, 0.4) is 0 Å². The van der Waals surface area contributed by atoms with Crippen LogP contribution in [0.4, 0.5) is 27.9 Å². The predicted octanol–water partition coefficient (Wildman–Crippen LogP) is 6.21. The zero-order valence-corrected chi connectivity index (χ0v) is 25.3. The van der Waals surface area contributed by atoms with Crippen LogP contribution in [0, 0.1) is 13.8 Å². The van der Waals surface area contributed by atoms with Crippen LogP contribution in [-0.2, 0) is 16.2 Å². The van der Waals surface area contributed by atoms with Crippen LogP contribution in [0.5, 0.6) is 0 Å². The molecule has 0 amide bonds. The van der Waals surface area contributed by atoms with E-state index in [1.54, 1.807) is 26.0 Å². The Balaban J connectivity index is 1.53. The number of nitrogens with one attached hydrogen (secondary N) is 2. The first-order chi connectivity index (χ1) is 21.8. The van der Waals surface area contributed by atoms with Crippen LogP contribution >= 0.6 is 0 Å². The minimum absolute atomic E-state index is 0.0857. The van der Waals surface area contributed by atoms with Crippen molar-refractivity contribution in [3.63, 3.8) is 0 Å². The van der Waals surface area contributed by atoms with Gasteiger partial charge >= 0.3 is 6.18 Å². The summed E-state index contributed by atoms with van der Waals surface area (Å²) in [5.74, 6) is 0.263. The van der Waals surface area contributed by atoms with Crippen molar-refractivity contribution in [3.05, 3.63) is 71.9 Å². The first kappa shape index (κ1) is 31.5. The summed E-state index contributed by atoms with van der Waals surface area (Å²) in [7, 11) is -4.35. The second-order valence-corrected chi connectivity index (χ2v) is 12.8. The van der Waals surface area contributed by atoms with E-state index in [2.05, 4.69) is 30.7 Å². The summed E-state index contributed by atoms with van der Waals surface area (Å²) >= 11 is 0. The Kier molecular flexibility index (Phi) is 8.27. The molecular weight excluding hydrogens is 633 g/mol. The fraction of sp³-hybridized carbons (Fsp3) is 0.333. The zero-order valence-electron chi connectivity index (χ0n) is 24.5. The van der Waals surface area contributed by atoms with Crippen LogP contribution in [0.15, 0.2) is 64.3 Å². The van der Waals surface area contributed by atoms with E-state index in [0.29, 0.717) is 48.2 Å². The molecule has 1 aromatic carbocycles. The van der Waals surface area contributed by atoms with E-state index in [9.17, 15) is 30.4 Å². The Labute approximate surface area is 260 Å². The Morgan fingerprint density at radius 3 is 2.46 bits per heavy atom. The maximum Gasteiger partial charge on any atom is 0.419 e. The number of aryl methyl sites for hydroxylation is 2. The first-order valence-electron chi connectivity index (χ1n) is 14.3. The Bertz CT molecular complexity index is 1980. The van der Waals surface area contributed by atoms with Crippen molar-refractivity contribution in [1.29, 1.82) is 0 Å². The summed E-state index contributed by atoms with van der Waals surface area (Å²) in [5, 5.41) is 9.79. The number of alkyl halides is 5. The van der Waals surface area contributed by atoms with Gasteiger partial charge in [0.25, 0.3) is 16.4 Å². The first-order valence-corrected chi connectivity index (χ1v) is 15.8. The summed E-state index contributed by atoms with van der Waals surface area (Å²) in [6.45, 7) is 2.82. The van der Waals surface area contributed by atoms with Gasteiger partial charge in [-0.15, -0.1) is 0 Å². The van der Waals surface area contributed by atoms with E-state index in [-0.39, 0.29) is 33.5 Å². The Morgan fingerprint density at radius 2 is 1.78 bits per heavy atom. The Hall–Kier alpha value is -4.44. The molecule has 0 radical (unpaired) electrons. The average Bonchev–Trinajstić information content (AvgIpc) is 3.72. The van der Waals surface area contributed by atoms with Crippen molar-refractivity contribution >= 4 is 27.0 Å². The van der Waals surface area contributed by atoms with E-state index in [1.165, 1.54) is 30.3 Å². The number of fused-ring (bicyclic) bond motifs is 1. The van der Waals surface area contributed by atoms with E-state index >= 15 is 0 Å². The van der Waals surface area contributed by atoms with Crippen molar-refractivity contribution in [3.8, 4) is 22.5 Å². The van der Waals surface area contributed by atoms with Gasteiger partial charge in [0, 0.05) is 35.4 Å². The third-order valence-electron chi connectivity index (χ3n) is 7.92. The Morgan fingerprint density at radius 1 is 1.04 bits per heavy atom. The predicted molar refractivity (Wildman–Crippen MR) is 159 cm³/mol. The lowest BCUT2D eigenvalue weighted by atomic mass is 10.1. The van der Waals surface area contributed by atoms with Gasteiger partial charge in [-0.1, -0.05) is 23.4 Å². The number of hydrogen-bond acceptors (Lipinski definition) is 9. The molecule has 1 aliphatic carbocycles. The second-order valence-electron chi connectivity index (χ2n) is 11.0. The van der Waals surface area contributed by atoms with Gasteiger partial charge in [0.05, 0.1) is 34.1 Å². The topological polar surface area (TPSA) is 128 Å². The molecule has 6 rings (SSSR count). The molecule has 2 N–H and O–H groups in total. The maximum absolute atomic E-state index is 14.4. The number of aromatic nitrogens is 5. The van der Waals surface area contributed by atoms with Gasteiger partial charge in [0.1, 0.15) is 11.3 Å². The van der Waals surface area contributed by atoms with Gasteiger partial charge in [-0.2, -0.15) is 13.2 Å². The highest BCUT2D eigenvalue weighted by molar-refractivity contribution is 7.90. The molecule has 0 bridgehead atoms. The van der Waals surface area contributed by atoms with Crippen LogP contribution in [-0.4, -0.2) is 57.6 Å². The average molecular weight is 662 g/mol. The molecule has 10 nitrogen and oxygen atoms in total. The van der Waals surface area contributed by atoms with E-state index in [4.69, 9.17) is 4.52 Å². The summed E-state index contributed by atoms with van der Waals surface area (Å²) in [6, 6.07) is 9.66.